The minimum atomic E-state index is -3.75. The fourth-order valence-corrected chi connectivity index (χ4v) is 3.31. The van der Waals surface area contributed by atoms with Crippen molar-refractivity contribution >= 4 is 15.7 Å². The maximum absolute atomic E-state index is 12.4. The van der Waals surface area contributed by atoms with E-state index in [2.05, 4.69) is 4.72 Å². The standard InChI is InChI=1S/C15H15N3O2S/c1-11(13-5-3-2-4-6-13)18-21(19,20)15-8-7-12(10-16)9-14(15)17/h2-9,11,18H,17H2,1H3/t11-/m1/s1. The number of rotatable bonds is 4. The Morgan fingerprint density at radius 1 is 1.19 bits per heavy atom. The number of nitrogens with one attached hydrogen (secondary N) is 1. The van der Waals surface area contributed by atoms with Crippen molar-refractivity contribution in [3.8, 4) is 6.07 Å². The van der Waals surface area contributed by atoms with Crippen LogP contribution in [0.5, 0.6) is 0 Å². The van der Waals surface area contributed by atoms with E-state index < -0.39 is 10.0 Å². The summed E-state index contributed by atoms with van der Waals surface area (Å²) in [5, 5.41) is 8.78. The number of nitrogens with two attached hydrogens (primary N) is 1. The maximum Gasteiger partial charge on any atom is 0.243 e. The van der Waals surface area contributed by atoms with Gasteiger partial charge in [-0.25, -0.2) is 13.1 Å². The molecular weight excluding hydrogens is 286 g/mol. The largest absolute Gasteiger partial charge is 0.398 e. The topological polar surface area (TPSA) is 96.0 Å². The van der Waals surface area contributed by atoms with Crippen molar-refractivity contribution in [2.45, 2.75) is 17.9 Å². The second kappa shape index (κ2) is 5.95. The zero-order valence-electron chi connectivity index (χ0n) is 11.4. The summed E-state index contributed by atoms with van der Waals surface area (Å²) in [4.78, 5) is -0.0238. The normalized spacial score (nSPS) is 12.6. The molecule has 0 fully saturated rings. The van der Waals surface area contributed by atoms with Gasteiger partial charge >= 0.3 is 0 Å². The molecule has 2 aromatic rings. The number of hydrogen-bond donors (Lipinski definition) is 2. The first kappa shape index (κ1) is 15.0. The van der Waals surface area contributed by atoms with E-state index in [1.165, 1.54) is 18.2 Å². The molecule has 3 N–H and O–H groups in total. The monoisotopic (exact) mass is 301 g/mol. The van der Waals surface area contributed by atoms with Crippen molar-refractivity contribution in [3.63, 3.8) is 0 Å². The molecule has 0 bridgehead atoms. The Morgan fingerprint density at radius 3 is 2.43 bits per heavy atom. The van der Waals surface area contributed by atoms with Gasteiger partial charge in [0.05, 0.1) is 17.3 Å². The zero-order valence-corrected chi connectivity index (χ0v) is 12.3. The lowest BCUT2D eigenvalue weighted by Crippen LogP contribution is -2.27. The molecule has 0 aliphatic carbocycles. The van der Waals surface area contributed by atoms with Crippen LogP contribution in [0.1, 0.15) is 24.1 Å². The number of anilines is 1. The average molecular weight is 301 g/mol. The third-order valence-electron chi connectivity index (χ3n) is 3.06. The van der Waals surface area contributed by atoms with Crippen LogP contribution in [-0.4, -0.2) is 8.42 Å². The van der Waals surface area contributed by atoms with Crippen LogP contribution in [0, 0.1) is 11.3 Å². The van der Waals surface area contributed by atoms with Gasteiger partial charge in [-0.3, -0.25) is 0 Å². The molecule has 2 rings (SSSR count). The van der Waals surface area contributed by atoms with E-state index in [1.54, 1.807) is 6.92 Å². The van der Waals surface area contributed by atoms with E-state index in [1.807, 2.05) is 36.4 Å². The summed E-state index contributed by atoms with van der Waals surface area (Å²) in [5.74, 6) is 0. The van der Waals surface area contributed by atoms with Crippen molar-refractivity contribution in [1.82, 2.24) is 4.72 Å². The Morgan fingerprint density at radius 2 is 1.86 bits per heavy atom. The zero-order chi connectivity index (χ0) is 15.5. The van der Waals surface area contributed by atoms with Crippen LogP contribution >= 0.6 is 0 Å². The fraction of sp³-hybridized carbons (Fsp3) is 0.133. The second-order valence-electron chi connectivity index (χ2n) is 4.62. The first-order valence-electron chi connectivity index (χ1n) is 6.31. The van der Waals surface area contributed by atoms with Gasteiger partial charge in [-0.15, -0.1) is 0 Å². The van der Waals surface area contributed by atoms with Crippen LogP contribution in [0.3, 0.4) is 0 Å². The quantitative estimate of drug-likeness (QED) is 0.846. The summed E-state index contributed by atoms with van der Waals surface area (Å²) in [5.41, 5.74) is 6.96. The lowest BCUT2D eigenvalue weighted by molar-refractivity contribution is 0.567. The van der Waals surface area contributed by atoms with Gasteiger partial charge in [0.2, 0.25) is 10.0 Å². The summed E-state index contributed by atoms with van der Waals surface area (Å²) in [6.07, 6.45) is 0. The first-order valence-corrected chi connectivity index (χ1v) is 7.79. The summed E-state index contributed by atoms with van der Waals surface area (Å²) in [7, 11) is -3.75. The smallest absolute Gasteiger partial charge is 0.243 e. The molecule has 6 heteroatoms. The highest BCUT2D eigenvalue weighted by molar-refractivity contribution is 7.89. The molecule has 0 aromatic heterocycles. The molecule has 1 atom stereocenters. The molecule has 0 unspecified atom stereocenters. The molecule has 0 spiro atoms. The maximum atomic E-state index is 12.4. The van der Waals surface area contributed by atoms with E-state index in [0.29, 0.717) is 5.56 Å². The van der Waals surface area contributed by atoms with Gasteiger partial charge in [-0.1, -0.05) is 30.3 Å². The number of nitrogens with zero attached hydrogens (tertiary/aromatic N) is 1. The summed E-state index contributed by atoms with van der Waals surface area (Å²) in [6.45, 7) is 1.76. The average Bonchev–Trinajstić information content (AvgIpc) is 2.47. The van der Waals surface area contributed by atoms with E-state index in [9.17, 15) is 8.42 Å². The number of nitrogen functional groups attached to an aromatic ring is 1. The minimum Gasteiger partial charge on any atom is -0.398 e. The van der Waals surface area contributed by atoms with E-state index in [-0.39, 0.29) is 16.6 Å². The summed E-state index contributed by atoms with van der Waals surface area (Å²) >= 11 is 0. The summed E-state index contributed by atoms with van der Waals surface area (Å²) in [6, 6.07) is 14.9. The third kappa shape index (κ3) is 3.40. The van der Waals surface area contributed by atoms with Crippen LogP contribution in [0.25, 0.3) is 0 Å². The Hall–Kier alpha value is -2.36. The molecule has 0 heterocycles. The number of benzene rings is 2. The summed E-state index contributed by atoms with van der Waals surface area (Å²) < 4.78 is 27.3. The number of sulfonamides is 1. The molecule has 2 aromatic carbocycles. The highest BCUT2D eigenvalue weighted by Gasteiger charge is 2.20. The Balaban J connectivity index is 2.29. The van der Waals surface area contributed by atoms with Crippen molar-refractivity contribution in [1.29, 1.82) is 5.26 Å². The Kier molecular flexibility index (Phi) is 4.26. The highest BCUT2D eigenvalue weighted by Crippen LogP contribution is 2.22. The van der Waals surface area contributed by atoms with Crippen LogP contribution in [0.4, 0.5) is 5.69 Å². The predicted octanol–water partition coefficient (Wildman–Crippen LogP) is 2.18. The molecule has 5 nitrogen and oxygen atoms in total. The highest BCUT2D eigenvalue weighted by atomic mass is 32.2. The van der Waals surface area contributed by atoms with Crippen LogP contribution < -0.4 is 10.5 Å². The van der Waals surface area contributed by atoms with Gasteiger partial charge < -0.3 is 5.73 Å². The molecular formula is C15H15N3O2S. The van der Waals surface area contributed by atoms with Crippen molar-refractivity contribution in [2.75, 3.05) is 5.73 Å². The molecule has 0 saturated carbocycles. The predicted molar refractivity (Wildman–Crippen MR) is 80.7 cm³/mol. The number of nitriles is 1. The van der Waals surface area contributed by atoms with Gasteiger partial charge in [-0.05, 0) is 30.7 Å². The van der Waals surface area contributed by atoms with Gasteiger partial charge in [0.1, 0.15) is 4.90 Å². The van der Waals surface area contributed by atoms with Crippen molar-refractivity contribution in [3.05, 3.63) is 59.7 Å². The molecule has 0 saturated heterocycles. The van der Waals surface area contributed by atoms with Crippen LogP contribution in [-0.2, 0) is 10.0 Å². The molecule has 108 valence electrons. The van der Waals surface area contributed by atoms with Gasteiger partial charge in [0, 0.05) is 6.04 Å². The minimum absolute atomic E-state index is 0.0238. The van der Waals surface area contributed by atoms with E-state index >= 15 is 0 Å². The van der Waals surface area contributed by atoms with Crippen LogP contribution in [0.15, 0.2) is 53.4 Å². The second-order valence-corrected chi connectivity index (χ2v) is 6.30. The molecule has 0 aliphatic heterocycles. The van der Waals surface area contributed by atoms with Crippen molar-refractivity contribution in [2.24, 2.45) is 0 Å². The fourth-order valence-electron chi connectivity index (χ4n) is 1.97. The number of hydrogen-bond acceptors (Lipinski definition) is 4. The Bertz CT molecular complexity index is 780. The SMILES string of the molecule is C[C@@H](NS(=O)(=O)c1ccc(C#N)cc1N)c1ccccc1. The van der Waals surface area contributed by atoms with Crippen molar-refractivity contribution < 1.29 is 8.42 Å². The van der Waals surface area contributed by atoms with Crippen LogP contribution in [0.2, 0.25) is 0 Å². The lowest BCUT2D eigenvalue weighted by Gasteiger charge is -2.15. The first-order chi connectivity index (χ1) is 9.94. The molecule has 0 amide bonds. The molecule has 0 radical (unpaired) electrons. The van der Waals surface area contributed by atoms with E-state index in [4.69, 9.17) is 11.0 Å². The molecule has 21 heavy (non-hydrogen) atoms. The third-order valence-corrected chi connectivity index (χ3v) is 4.67. The van der Waals surface area contributed by atoms with E-state index in [0.717, 1.165) is 5.56 Å². The van der Waals surface area contributed by atoms with Gasteiger partial charge in [-0.2, -0.15) is 5.26 Å². The lowest BCUT2D eigenvalue weighted by atomic mass is 10.1. The Labute approximate surface area is 124 Å². The molecule has 0 aliphatic rings. The van der Waals surface area contributed by atoms with Gasteiger partial charge in [0.25, 0.3) is 0 Å². The van der Waals surface area contributed by atoms with Gasteiger partial charge in [0.15, 0.2) is 0 Å².